The van der Waals surface area contributed by atoms with Gasteiger partial charge < -0.3 is 10.2 Å². The van der Waals surface area contributed by atoms with Crippen molar-refractivity contribution in [3.05, 3.63) is 28.1 Å². The summed E-state index contributed by atoms with van der Waals surface area (Å²) in [7, 11) is -3.34. The summed E-state index contributed by atoms with van der Waals surface area (Å²) in [5.74, 6) is 0. The van der Waals surface area contributed by atoms with E-state index in [0.717, 1.165) is 16.1 Å². The molecular formula is C16H25NO2Si2. The summed E-state index contributed by atoms with van der Waals surface area (Å²) in [6.45, 7) is 15.5. The molecule has 0 bridgehead atoms. The molecule has 1 aromatic heterocycles. The van der Waals surface area contributed by atoms with Gasteiger partial charge in [-0.05, 0) is 23.7 Å². The van der Waals surface area contributed by atoms with Gasteiger partial charge in [0.15, 0.2) is 0 Å². The molecule has 0 radical (unpaired) electrons. The quantitative estimate of drug-likeness (QED) is 0.526. The van der Waals surface area contributed by atoms with Crippen LogP contribution in [0.4, 0.5) is 5.69 Å². The van der Waals surface area contributed by atoms with Crippen molar-refractivity contribution in [2.75, 3.05) is 5.73 Å². The van der Waals surface area contributed by atoms with Crippen molar-refractivity contribution < 1.29 is 4.42 Å². The highest BCUT2D eigenvalue weighted by Gasteiger charge is 2.28. The minimum Gasteiger partial charge on any atom is -0.423 e. The van der Waals surface area contributed by atoms with Crippen LogP contribution in [0.15, 0.2) is 21.3 Å². The molecule has 0 unspecified atom stereocenters. The van der Waals surface area contributed by atoms with E-state index in [1.54, 1.807) is 6.07 Å². The third-order valence-electron chi connectivity index (χ3n) is 3.84. The van der Waals surface area contributed by atoms with Crippen LogP contribution in [-0.4, -0.2) is 16.1 Å². The first kappa shape index (κ1) is 16.0. The molecule has 0 saturated carbocycles. The number of benzene rings is 1. The van der Waals surface area contributed by atoms with Crippen molar-refractivity contribution >= 4 is 43.2 Å². The molecule has 2 rings (SSSR count). The van der Waals surface area contributed by atoms with Crippen LogP contribution in [0.3, 0.4) is 0 Å². The molecule has 2 aromatic rings. The average molecular weight is 320 g/mol. The van der Waals surface area contributed by atoms with Crippen molar-refractivity contribution in [2.24, 2.45) is 0 Å². The molecule has 0 aliphatic rings. The van der Waals surface area contributed by atoms with Crippen LogP contribution < -0.4 is 21.7 Å². The summed E-state index contributed by atoms with van der Waals surface area (Å²) in [5.41, 5.74) is 8.23. The zero-order valence-corrected chi connectivity index (χ0v) is 16.0. The number of fused-ring (bicyclic) bond motifs is 1. The Morgan fingerprint density at radius 2 is 1.57 bits per heavy atom. The van der Waals surface area contributed by atoms with Gasteiger partial charge in [0.05, 0.1) is 16.1 Å². The van der Waals surface area contributed by atoms with E-state index in [9.17, 15) is 4.79 Å². The first-order valence-electron chi connectivity index (χ1n) is 7.31. The van der Waals surface area contributed by atoms with E-state index < -0.39 is 16.1 Å². The summed E-state index contributed by atoms with van der Waals surface area (Å²) in [6.07, 6.45) is 0. The van der Waals surface area contributed by atoms with Crippen LogP contribution in [0.25, 0.3) is 11.0 Å². The van der Waals surface area contributed by atoms with Crippen molar-refractivity contribution in [3.8, 4) is 0 Å². The van der Waals surface area contributed by atoms with Gasteiger partial charge in [0, 0.05) is 22.3 Å². The lowest BCUT2D eigenvalue weighted by Crippen LogP contribution is -2.49. The molecule has 2 N–H and O–H groups in total. The molecule has 0 saturated heterocycles. The predicted octanol–water partition coefficient (Wildman–Crippen LogP) is 2.77. The molecule has 114 valence electrons. The van der Waals surface area contributed by atoms with Crippen molar-refractivity contribution in [1.82, 2.24) is 0 Å². The Morgan fingerprint density at radius 1 is 1.00 bits per heavy atom. The van der Waals surface area contributed by atoms with E-state index in [1.165, 1.54) is 5.19 Å². The van der Waals surface area contributed by atoms with Gasteiger partial charge in [-0.2, -0.15) is 0 Å². The van der Waals surface area contributed by atoms with Gasteiger partial charge in [-0.25, -0.2) is 4.79 Å². The van der Waals surface area contributed by atoms with E-state index in [2.05, 4.69) is 52.3 Å². The fourth-order valence-electron chi connectivity index (χ4n) is 2.99. The summed E-state index contributed by atoms with van der Waals surface area (Å²) in [6, 6.07) is 3.84. The number of rotatable bonds is 2. The minimum atomic E-state index is -1.76. The fourth-order valence-corrected chi connectivity index (χ4v) is 6.57. The molecule has 5 heteroatoms. The Kier molecular flexibility index (Phi) is 3.70. The maximum atomic E-state index is 12.4. The highest BCUT2D eigenvalue weighted by atomic mass is 28.3. The Labute approximate surface area is 128 Å². The maximum Gasteiger partial charge on any atom is 0.335 e. The number of hydrogen-bond donors (Lipinski definition) is 1. The van der Waals surface area contributed by atoms with Crippen LogP contribution in [-0.2, 0) is 0 Å². The molecule has 0 aliphatic heterocycles. The van der Waals surface area contributed by atoms with Crippen LogP contribution in [0, 0.1) is 6.92 Å². The van der Waals surface area contributed by atoms with Gasteiger partial charge in [-0.15, -0.1) is 0 Å². The molecule has 1 heterocycles. The summed E-state index contributed by atoms with van der Waals surface area (Å²) >= 11 is 0. The first-order chi connectivity index (χ1) is 9.43. The standard InChI is InChI=1S/C16H25NO2Si2/c1-10-14-12(19-16(18)15(10)21(5,6)7)8-11(17)9-13(14)20(2,3)4/h8-9H,17H2,1-7H3. The summed E-state index contributed by atoms with van der Waals surface area (Å²) < 4.78 is 5.64. The monoisotopic (exact) mass is 319 g/mol. The molecule has 21 heavy (non-hydrogen) atoms. The third-order valence-corrected chi connectivity index (χ3v) is 7.93. The van der Waals surface area contributed by atoms with Gasteiger partial charge in [-0.1, -0.05) is 39.3 Å². The second kappa shape index (κ2) is 4.85. The lowest BCUT2D eigenvalue weighted by molar-refractivity contribution is 0.565. The molecule has 1 aromatic carbocycles. The largest absolute Gasteiger partial charge is 0.423 e. The highest BCUT2D eigenvalue weighted by Crippen LogP contribution is 2.22. The Balaban J connectivity index is 3.05. The molecule has 3 nitrogen and oxygen atoms in total. The average Bonchev–Trinajstić information content (AvgIpc) is 2.23. The van der Waals surface area contributed by atoms with Gasteiger partial charge in [0.1, 0.15) is 5.58 Å². The Bertz CT molecular complexity index is 765. The SMILES string of the molecule is Cc1c([Si](C)(C)C)c(=O)oc2cc(N)cc([Si](C)(C)C)c12. The third kappa shape index (κ3) is 2.85. The van der Waals surface area contributed by atoms with E-state index in [4.69, 9.17) is 10.2 Å². The van der Waals surface area contributed by atoms with Crippen molar-refractivity contribution in [1.29, 1.82) is 0 Å². The number of hydrogen-bond acceptors (Lipinski definition) is 3. The van der Waals surface area contributed by atoms with Crippen LogP contribution in [0.2, 0.25) is 39.3 Å². The molecule has 0 fully saturated rings. The van der Waals surface area contributed by atoms with Gasteiger partial charge in [0.2, 0.25) is 0 Å². The fraction of sp³-hybridized carbons (Fsp3) is 0.438. The van der Waals surface area contributed by atoms with Crippen LogP contribution in [0.1, 0.15) is 5.56 Å². The normalized spacial score (nSPS) is 12.9. The van der Waals surface area contributed by atoms with E-state index in [1.807, 2.05) is 0 Å². The minimum absolute atomic E-state index is 0.189. The topological polar surface area (TPSA) is 56.2 Å². The second-order valence-electron chi connectivity index (χ2n) is 7.83. The predicted molar refractivity (Wildman–Crippen MR) is 97.6 cm³/mol. The zero-order chi connectivity index (χ0) is 16.2. The lowest BCUT2D eigenvalue weighted by atomic mass is 10.1. The van der Waals surface area contributed by atoms with Gasteiger partial charge in [0.25, 0.3) is 0 Å². The summed E-state index contributed by atoms with van der Waals surface area (Å²) in [5, 5.41) is 3.29. The van der Waals surface area contributed by atoms with Crippen molar-refractivity contribution in [3.63, 3.8) is 0 Å². The number of aryl methyl sites for hydroxylation is 1. The maximum absolute atomic E-state index is 12.4. The van der Waals surface area contributed by atoms with E-state index in [-0.39, 0.29) is 5.63 Å². The van der Waals surface area contributed by atoms with Gasteiger partial charge in [-0.3, -0.25) is 0 Å². The Hall–Kier alpha value is -1.34. The molecular weight excluding hydrogens is 294 g/mol. The van der Waals surface area contributed by atoms with Crippen molar-refractivity contribution in [2.45, 2.75) is 46.2 Å². The second-order valence-corrected chi connectivity index (χ2v) is 17.9. The zero-order valence-electron chi connectivity index (χ0n) is 14.0. The van der Waals surface area contributed by atoms with E-state index >= 15 is 0 Å². The molecule has 0 atom stereocenters. The number of nitrogens with two attached hydrogens (primary N) is 1. The Morgan fingerprint density at radius 3 is 2.05 bits per heavy atom. The molecule has 0 spiro atoms. The molecule has 0 aliphatic carbocycles. The summed E-state index contributed by atoms with van der Waals surface area (Å²) in [4.78, 5) is 12.4. The number of nitrogen functional groups attached to an aromatic ring is 1. The lowest BCUT2D eigenvalue weighted by Gasteiger charge is -2.24. The highest BCUT2D eigenvalue weighted by molar-refractivity contribution is 6.91. The van der Waals surface area contributed by atoms with Crippen LogP contribution >= 0.6 is 0 Å². The van der Waals surface area contributed by atoms with Crippen LogP contribution in [0.5, 0.6) is 0 Å². The molecule has 0 amide bonds. The van der Waals surface area contributed by atoms with Gasteiger partial charge >= 0.3 is 5.63 Å². The first-order valence-corrected chi connectivity index (χ1v) is 14.3. The number of anilines is 1. The smallest absolute Gasteiger partial charge is 0.335 e. The van der Waals surface area contributed by atoms with E-state index in [0.29, 0.717) is 11.3 Å².